The number of benzene rings is 2. The number of rotatable bonds is 1. The summed E-state index contributed by atoms with van der Waals surface area (Å²) in [5, 5.41) is 0. The minimum atomic E-state index is 0. The molecule has 0 unspecified atom stereocenters. The fourth-order valence-corrected chi connectivity index (χ4v) is 4.05. The van der Waals surface area contributed by atoms with Crippen molar-refractivity contribution < 1.29 is 53.5 Å². The molecule has 4 heteroatoms. The van der Waals surface area contributed by atoms with E-state index in [9.17, 15) is 0 Å². The molecule has 0 saturated carbocycles. The van der Waals surface area contributed by atoms with E-state index >= 15 is 0 Å². The number of allylic oxidation sites excluding steroid dienone is 4. The van der Waals surface area contributed by atoms with Crippen molar-refractivity contribution in [3.63, 3.8) is 0 Å². The SMILES string of the molecule is CC(C)(C)c1[c-]c2c(cc1)-c1ccc(C(C)(C)C)cc1C2.C[C](C)=[Zr+2].[C-]1=C(c2ccoc2)C=CC1.[Cl-].[Cl-]. The summed E-state index contributed by atoms with van der Waals surface area (Å²) in [5.74, 6) is 0. The van der Waals surface area contributed by atoms with Crippen LogP contribution >= 0.6 is 0 Å². The second kappa shape index (κ2) is 14.1. The maximum atomic E-state index is 4.93. The van der Waals surface area contributed by atoms with Crippen LogP contribution in [0.2, 0.25) is 0 Å². The Morgan fingerprint density at radius 2 is 1.54 bits per heavy atom. The molecule has 0 saturated heterocycles. The van der Waals surface area contributed by atoms with Gasteiger partial charge in [0, 0.05) is 6.26 Å². The number of fused-ring (bicyclic) bond motifs is 3. The molecule has 0 bridgehead atoms. The summed E-state index contributed by atoms with van der Waals surface area (Å²) >= 11 is 1.55. The topological polar surface area (TPSA) is 13.1 Å². The first-order chi connectivity index (χ1) is 16.4. The Hall–Kier alpha value is -1.47. The minimum Gasteiger partial charge on any atom is -1.00 e. The van der Waals surface area contributed by atoms with Crippen LogP contribution in [-0.4, -0.2) is 3.21 Å². The van der Waals surface area contributed by atoms with Crippen molar-refractivity contribution in [2.45, 2.75) is 79.1 Å². The van der Waals surface area contributed by atoms with E-state index < -0.39 is 0 Å². The molecule has 0 N–H and O–H groups in total. The summed E-state index contributed by atoms with van der Waals surface area (Å²) in [4.78, 5) is 0. The van der Waals surface area contributed by atoms with Gasteiger partial charge in [0.05, 0.1) is 6.26 Å². The van der Waals surface area contributed by atoms with Crippen molar-refractivity contribution in [2.75, 3.05) is 0 Å². The normalized spacial score (nSPS) is 13.0. The van der Waals surface area contributed by atoms with E-state index in [1.165, 1.54) is 36.6 Å². The average molecular weight is 613 g/mol. The molecular formula is C33H38Cl2OZr-2. The minimum absolute atomic E-state index is 0. The first-order valence-electron chi connectivity index (χ1n) is 12.4. The Labute approximate surface area is 252 Å². The maximum Gasteiger partial charge on any atom is 0.0771 e. The van der Waals surface area contributed by atoms with Crippen molar-refractivity contribution in [3.05, 3.63) is 101 Å². The van der Waals surface area contributed by atoms with Gasteiger partial charge in [-0.05, 0) is 28.4 Å². The molecule has 1 heterocycles. The van der Waals surface area contributed by atoms with Crippen LogP contribution in [0.3, 0.4) is 0 Å². The number of hydrogen-bond donors (Lipinski definition) is 0. The molecule has 1 aromatic heterocycles. The van der Waals surface area contributed by atoms with E-state index in [1.807, 2.05) is 6.07 Å². The predicted octanol–water partition coefficient (Wildman–Crippen LogP) is 2.83. The molecule has 2 aliphatic rings. The Morgan fingerprint density at radius 3 is 2.05 bits per heavy atom. The molecule has 2 aliphatic carbocycles. The Morgan fingerprint density at radius 1 is 0.892 bits per heavy atom. The van der Waals surface area contributed by atoms with E-state index in [0.717, 1.165) is 24.0 Å². The van der Waals surface area contributed by atoms with Crippen LogP contribution in [0.25, 0.3) is 16.7 Å². The second-order valence-corrected chi connectivity index (χ2v) is 14.0. The van der Waals surface area contributed by atoms with Gasteiger partial charge in [0.2, 0.25) is 0 Å². The number of furan rings is 1. The summed E-state index contributed by atoms with van der Waals surface area (Å²) in [5.41, 5.74) is 11.0. The smallest absolute Gasteiger partial charge is 0.0771 e. The van der Waals surface area contributed by atoms with Crippen LogP contribution in [0.15, 0.2) is 65.5 Å². The monoisotopic (exact) mass is 610 g/mol. The average Bonchev–Trinajstić information content (AvgIpc) is 3.51. The van der Waals surface area contributed by atoms with Gasteiger partial charge >= 0.3 is 41.3 Å². The fraction of sp³-hybridized carbons (Fsp3) is 0.364. The summed E-state index contributed by atoms with van der Waals surface area (Å²) in [6.45, 7) is 17.8. The molecule has 0 amide bonds. The van der Waals surface area contributed by atoms with Crippen molar-refractivity contribution in [2.24, 2.45) is 0 Å². The fourth-order valence-electron chi connectivity index (χ4n) is 4.05. The van der Waals surface area contributed by atoms with Crippen LogP contribution < -0.4 is 24.8 Å². The van der Waals surface area contributed by atoms with Gasteiger partial charge in [-0.15, -0.1) is 17.2 Å². The van der Waals surface area contributed by atoms with Crippen LogP contribution in [-0.2, 0) is 41.5 Å². The van der Waals surface area contributed by atoms with Crippen molar-refractivity contribution in [1.82, 2.24) is 0 Å². The van der Waals surface area contributed by atoms with E-state index in [0.29, 0.717) is 0 Å². The summed E-state index contributed by atoms with van der Waals surface area (Å²) < 4.78 is 6.44. The molecule has 3 aromatic rings. The van der Waals surface area contributed by atoms with Gasteiger partial charge in [-0.25, -0.2) is 0 Å². The van der Waals surface area contributed by atoms with Gasteiger partial charge in [0.1, 0.15) is 0 Å². The first kappa shape index (κ1) is 33.6. The number of hydrogen-bond acceptors (Lipinski definition) is 1. The third-order valence-corrected chi connectivity index (χ3v) is 5.99. The molecule has 196 valence electrons. The summed E-state index contributed by atoms with van der Waals surface area (Å²) in [6, 6.07) is 17.1. The van der Waals surface area contributed by atoms with Crippen molar-refractivity contribution in [1.29, 1.82) is 0 Å². The van der Waals surface area contributed by atoms with Crippen molar-refractivity contribution in [3.8, 4) is 11.1 Å². The summed E-state index contributed by atoms with van der Waals surface area (Å²) in [7, 11) is 0. The quantitative estimate of drug-likeness (QED) is 0.302. The standard InChI is InChI=1S/C21H25.C9H7O.C3H6.2ClH.Zr/c1-20(2,3)16-7-9-18-14(12-16)11-15-13-17(21(4,5)6)8-10-19(15)18;1-2-4-8(3-1)9-5-6-10-7-9;1-3-2;;;/h7-10,12H,11H2,1-6H3;1,3,5-7H,2H2;1-2H3;2*1H;/q2*-1;;;;+2/p-2. The maximum absolute atomic E-state index is 4.93. The third kappa shape index (κ3) is 9.35. The molecule has 2 aromatic carbocycles. The largest absolute Gasteiger partial charge is 1.00 e. The first-order valence-corrected chi connectivity index (χ1v) is 13.6. The van der Waals surface area contributed by atoms with Gasteiger partial charge in [-0.2, -0.15) is 41.5 Å². The molecular weight excluding hydrogens is 574 g/mol. The van der Waals surface area contributed by atoms with Crippen LogP contribution in [0.5, 0.6) is 0 Å². The number of halogens is 2. The van der Waals surface area contributed by atoms with Crippen molar-refractivity contribution >= 4 is 8.78 Å². The predicted molar refractivity (Wildman–Crippen MR) is 146 cm³/mol. The Kier molecular flexibility index (Phi) is 12.8. The summed E-state index contributed by atoms with van der Waals surface area (Å²) in [6.07, 6.45) is 12.7. The van der Waals surface area contributed by atoms with Gasteiger partial charge in [0.25, 0.3) is 0 Å². The molecule has 0 atom stereocenters. The molecule has 5 rings (SSSR count). The molecule has 0 aliphatic heterocycles. The van der Waals surface area contributed by atoms with Crippen LogP contribution in [0, 0.1) is 12.1 Å². The molecule has 0 spiro atoms. The Bertz CT molecular complexity index is 1170. The van der Waals surface area contributed by atoms with E-state index in [-0.39, 0.29) is 35.6 Å². The zero-order valence-corrected chi connectivity index (χ0v) is 27.3. The molecule has 1 nitrogen and oxygen atoms in total. The van der Waals surface area contributed by atoms with Gasteiger partial charge in [-0.1, -0.05) is 83.4 Å². The van der Waals surface area contributed by atoms with E-state index in [2.05, 4.69) is 110 Å². The third-order valence-electron chi connectivity index (χ3n) is 5.99. The van der Waals surface area contributed by atoms with E-state index in [1.54, 1.807) is 36.8 Å². The Balaban J connectivity index is 0.000000358. The van der Waals surface area contributed by atoms with Gasteiger partial charge in [0.15, 0.2) is 0 Å². The van der Waals surface area contributed by atoms with Crippen LogP contribution in [0.1, 0.15) is 89.6 Å². The second-order valence-electron chi connectivity index (χ2n) is 11.5. The zero-order valence-electron chi connectivity index (χ0n) is 23.4. The molecule has 37 heavy (non-hydrogen) atoms. The molecule has 0 fully saturated rings. The van der Waals surface area contributed by atoms with Crippen LogP contribution in [0.4, 0.5) is 0 Å². The van der Waals surface area contributed by atoms with Gasteiger partial charge in [-0.3, -0.25) is 0 Å². The zero-order chi connectivity index (χ0) is 25.8. The molecule has 0 radical (unpaired) electrons. The van der Waals surface area contributed by atoms with E-state index in [4.69, 9.17) is 4.42 Å². The van der Waals surface area contributed by atoms with Gasteiger partial charge < -0.3 is 29.2 Å².